The lowest BCUT2D eigenvalue weighted by Crippen LogP contribution is -1.98. The van der Waals surface area contributed by atoms with Gasteiger partial charge in [-0.25, -0.2) is 4.68 Å². The third-order valence-electron chi connectivity index (χ3n) is 2.25. The molecule has 0 fully saturated rings. The number of nitrogens with zero attached hydrogens (tertiary/aromatic N) is 2. The molecule has 1 heterocycles. The van der Waals surface area contributed by atoms with Crippen molar-refractivity contribution in [2.45, 2.75) is 6.92 Å². The maximum atomic E-state index is 10.6. The highest BCUT2D eigenvalue weighted by Crippen LogP contribution is 2.22. The van der Waals surface area contributed by atoms with E-state index in [1.54, 1.807) is 12.1 Å². The third-order valence-corrected chi connectivity index (χ3v) is 2.49. The van der Waals surface area contributed by atoms with Crippen LogP contribution in [0.1, 0.15) is 16.1 Å². The number of hydrogen-bond acceptors (Lipinski definition) is 3. The van der Waals surface area contributed by atoms with Gasteiger partial charge in [0.05, 0.1) is 11.9 Å². The first-order valence-corrected chi connectivity index (χ1v) is 5.00. The maximum absolute atomic E-state index is 10.6. The van der Waals surface area contributed by atoms with Gasteiger partial charge >= 0.3 is 0 Å². The Morgan fingerprint density at radius 2 is 2.25 bits per heavy atom. The van der Waals surface area contributed by atoms with E-state index >= 15 is 0 Å². The molecule has 0 unspecified atom stereocenters. The van der Waals surface area contributed by atoms with E-state index in [1.807, 2.05) is 13.0 Å². The molecule has 1 N–H and O–H groups in total. The normalized spacial score (nSPS) is 10.4. The van der Waals surface area contributed by atoms with Crippen LogP contribution in [0.25, 0.3) is 5.69 Å². The van der Waals surface area contributed by atoms with Crippen molar-refractivity contribution in [2.75, 3.05) is 0 Å². The minimum Gasteiger partial charge on any atom is -0.504 e. The SMILES string of the molecule is Cc1ccc(Cl)cc1-n1cc(O)c(C=O)n1. The first-order chi connectivity index (χ1) is 7.61. The molecule has 4 nitrogen and oxygen atoms in total. The van der Waals surface area contributed by atoms with Crippen LogP contribution in [-0.4, -0.2) is 21.2 Å². The Morgan fingerprint density at radius 3 is 2.88 bits per heavy atom. The van der Waals surface area contributed by atoms with Crippen LogP contribution >= 0.6 is 11.6 Å². The highest BCUT2D eigenvalue weighted by molar-refractivity contribution is 6.30. The largest absolute Gasteiger partial charge is 0.504 e. The Kier molecular flexibility index (Phi) is 2.66. The number of aryl methyl sites for hydroxylation is 1. The number of hydrogen-bond donors (Lipinski definition) is 1. The summed E-state index contributed by atoms with van der Waals surface area (Å²) in [6.07, 6.45) is 1.88. The lowest BCUT2D eigenvalue weighted by molar-refractivity contribution is 0.111. The summed E-state index contributed by atoms with van der Waals surface area (Å²) in [6, 6.07) is 5.33. The van der Waals surface area contributed by atoms with Crippen molar-refractivity contribution < 1.29 is 9.90 Å². The van der Waals surface area contributed by atoms with Crippen molar-refractivity contribution in [3.63, 3.8) is 0 Å². The summed E-state index contributed by atoms with van der Waals surface area (Å²) in [5.74, 6) is -0.144. The standard InChI is InChI=1S/C11H9ClN2O2/c1-7-2-3-8(12)4-10(7)14-5-11(16)9(6-15)13-14/h2-6,16H,1H3. The molecule has 0 aliphatic rings. The maximum Gasteiger partial charge on any atom is 0.174 e. The number of aromatic nitrogens is 2. The molecule has 0 saturated heterocycles. The van der Waals surface area contributed by atoms with Crippen LogP contribution in [-0.2, 0) is 0 Å². The molecule has 0 saturated carbocycles. The number of carbonyl (C=O) groups excluding carboxylic acids is 1. The van der Waals surface area contributed by atoms with Gasteiger partial charge in [0.1, 0.15) is 0 Å². The Bertz CT molecular complexity index is 549. The fourth-order valence-electron chi connectivity index (χ4n) is 1.41. The summed E-state index contributed by atoms with van der Waals surface area (Å²) in [5, 5.41) is 13.9. The molecular formula is C11H9ClN2O2. The predicted octanol–water partition coefficient (Wildman–Crippen LogP) is 2.35. The topological polar surface area (TPSA) is 55.1 Å². The monoisotopic (exact) mass is 236 g/mol. The molecule has 0 spiro atoms. The van der Waals surface area contributed by atoms with Crippen LogP contribution in [0.15, 0.2) is 24.4 Å². The van der Waals surface area contributed by atoms with Gasteiger partial charge in [0.25, 0.3) is 0 Å². The average molecular weight is 237 g/mol. The minimum atomic E-state index is -0.144. The summed E-state index contributed by atoms with van der Waals surface area (Å²) < 4.78 is 1.43. The van der Waals surface area contributed by atoms with Gasteiger partial charge in [0.15, 0.2) is 17.7 Å². The molecule has 0 radical (unpaired) electrons. The first kappa shape index (κ1) is 10.7. The Hall–Kier alpha value is -1.81. The van der Waals surface area contributed by atoms with E-state index in [4.69, 9.17) is 11.6 Å². The van der Waals surface area contributed by atoms with Gasteiger partial charge in [-0.05, 0) is 24.6 Å². The molecule has 1 aromatic carbocycles. The summed E-state index contributed by atoms with van der Waals surface area (Å²) >= 11 is 5.87. The molecule has 0 atom stereocenters. The van der Waals surface area contributed by atoms with E-state index < -0.39 is 0 Å². The predicted molar refractivity (Wildman–Crippen MR) is 60.4 cm³/mol. The van der Waals surface area contributed by atoms with Crippen molar-refractivity contribution >= 4 is 17.9 Å². The van der Waals surface area contributed by atoms with Crippen LogP contribution in [0.4, 0.5) is 0 Å². The van der Waals surface area contributed by atoms with Crippen LogP contribution in [0.2, 0.25) is 5.02 Å². The van der Waals surface area contributed by atoms with E-state index in [2.05, 4.69) is 5.10 Å². The molecule has 82 valence electrons. The van der Waals surface area contributed by atoms with Gasteiger partial charge < -0.3 is 5.11 Å². The zero-order chi connectivity index (χ0) is 11.7. The zero-order valence-electron chi connectivity index (χ0n) is 8.51. The third kappa shape index (κ3) is 1.79. The molecule has 5 heteroatoms. The second-order valence-electron chi connectivity index (χ2n) is 3.39. The summed E-state index contributed by atoms with van der Waals surface area (Å²) in [6.45, 7) is 1.89. The van der Waals surface area contributed by atoms with Crippen molar-refractivity contribution in [3.05, 3.63) is 40.7 Å². The van der Waals surface area contributed by atoms with Crippen LogP contribution in [0.3, 0.4) is 0 Å². The number of halogens is 1. The zero-order valence-corrected chi connectivity index (χ0v) is 9.27. The Balaban J connectivity index is 2.57. The minimum absolute atomic E-state index is 0.0133. The highest BCUT2D eigenvalue weighted by Gasteiger charge is 2.09. The molecule has 0 bridgehead atoms. The second-order valence-corrected chi connectivity index (χ2v) is 3.83. The summed E-state index contributed by atoms with van der Waals surface area (Å²) in [5.41, 5.74) is 1.69. The van der Waals surface area contributed by atoms with Gasteiger partial charge in [-0.2, -0.15) is 5.10 Å². The van der Waals surface area contributed by atoms with Crippen molar-refractivity contribution in [1.82, 2.24) is 9.78 Å². The van der Waals surface area contributed by atoms with Gasteiger partial charge in [-0.3, -0.25) is 4.79 Å². The van der Waals surface area contributed by atoms with E-state index in [1.165, 1.54) is 10.9 Å². The molecule has 16 heavy (non-hydrogen) atoms. The average Bonchev–Trinajstić information content (AvgIpc) is 2.63. The van der Waals surface area contributed by atoms with Gasteiger partial charge in [-0.15, -0.1) is 0 Å². The number of aldehydes is 1. The quantitative estimate of drug-likeness (QED) is 0.815. The highest BCUT2D eigenvalue weighted by atomic mass is 35.5. The second kappa shape index (κ2) is 3.98. The van der Waals surface area contributed by atoms with E-state index in [0.717, 1.165) is 11.3 Å². The fourth-order valence-corrected chi connectivity index (χ4v) is 1.58. The molecular weight excluding hydrogens is 228 g/mol. The number of rotatable bonds is 2. The van der Waals surface area contributed by atoms with Crippen molar-refractivity contribution in [1.29, 1.82) is 0 Å². The van der Waals surface area contributed by atoms with Crippen LogP contribution < -0.4 is 0 Å². The molecule has 0 aliphatic carbocycles. The molecule has 0 amide bonds. The number of aromatic hydroxyl groups is 1. The van der Waals surface area contributed by atoms with Gasteiger partial charge in [0.2, 0.25) is 0 Å². The summed E-state index contributed by atoms with van der Waals surface area (Å²) in [7, 11) is 0. The van der Waals surface area contributed by atoms with Crippen LogP contribution in [0.5, 0.6) is 5.75 Å². The Labute approximate surface area is 97.1 Å². The fraction of sp³-hybridized carbons (Fsp3) is 0.0909. The van der Waals surface area contributed by atoms with Gasteiger partial charge in [0, 0.05) is 5.02 Å². The van der Waals surface area contributed by atoms with Crippen LogP contribution in [0, 0.1) is 6.92 Å². The molecule has 0 aliphatic heterocycles. The Morgan fingerprint density at radius 1 is 1.50 bits per heavy atom. The first-order valence-electron chi connectivity index (χ1n) is 4.62. The van der Waals surface area contributed by atoms with Crippen molar-refractivity contribution in [3.8, 4) is 11.4 Å². The van der Waals surface area contributed by atoms with E-state index in [9.17, 15) is 9.90 Å². The summed E-state index contributed by atoms with van der Waals surface area (Å²) in [4.78, 5) is 10.6. The van der Waals surface area contributed by atoms with Gasteiger partial charge in [-0.1, -0.05) is 17.7 Å². The lowest BCUT2D eigenvalue weighted by atomic mass is 10.2. The molecule has 2 rings (SSSR count). The molecule has 1 aromatic heterocycles. The van der Waals surface area contributed by atoms with E-state index in [-0.39, 0.29) is 11.4 Å². The lowest BCUT2D eigenvalue weighted by Gasteiger charge is -2.05. The molecule has 2 aromatic rings. The number of benzene rings is 1. The smallest absolute Gasteiger partial charge is 0.174 e. The van der Waals surface area contributed by atoms with E-state index in [0.29, 0.717) is 11.3 Å². The van der Waals surface area contributed by atoms with Crippen molar-refractivity contribution in [2.24, 2.45) is 0 Å². The number of carbonyl (C=O) groups is 1.